The minimum Gasteiger partial charge on any atom is -0.493 e. The van der Waals surface area contributed by atoms with Crippen LogP contribution in [0.25, 0.3) is 11.0 Å². The Morgan fingerprint density at radius 3 is 2.48 bits per heavy atom. The van der Waals surface area contributed by atoms with Gasteiger partial charge in [0.2, 0.25) is 11.5 Å². The van der Waals surface area contributed by atoms with Crippen LogP contribution in [0.5, 0.6) is 5.88 Å². The third kappa shape index (κ3) is 2.70. The van der Waals surface area contributed by atoms with Crippen molar-refractivity contribution < 1.29 is 5.11 Å². The van der Waals surface area contributed by atoms with Crippen molar-refractivity contribution in [2.75, 3.05) is 0 Å². The molecule has 0 radical (unpaired) electrons. The second-order valence-electron chi connectivity index (χ2n) is 7.13. The molecule has 2 aromatic rings. The van der Waals surface area contributed by atoms with Gasteiger partial charge < -0.3 is 10.4 Å². The van der Waals surface area contributed by atoms with Crippen molar-refractivity contribution in [3.8, 4) is 5.88 Å². The van der Waals surface area contributed by atoms with Crippen molar-refractivity contribution in [1.82, 2.24) is 25.3 Å². The SMILES string of the molecule is CC1(C)CC(n2nc3nnc(Cl)cc3c2O)CC(C)(C)N1. The summed E-state index contributed by atoms with van der Waals surface area (Å²) >= 11 is 5.84. The number of hydrogen-bond acceptors (Lipinski definition) is 5. The summed E-state index contributed by atoms with van der Waals surface area (Å²) in [5.74, 6) is 0.111. The number of rotatable bonds is 1. The molecule has 1 fully saturated rings. The summed E-state index contributed by atoms with van der Waals surface area (Å²) in [4.78, 5) is 0. The van der Waals surface area contributed by atoms with Crippen molar-refractivity contribution >= 4 is 22.6 Å². The second kappa shape index (κ2) is 4.55. The van der Waals surface area contributed by atoms with Gasteiger partial charge in [-0.15, -0.1) is 15.3 Å². The Morgan fingerprint density at radius 2 is 1.86 bits per heavy atom. The summed E-state index contributed by atoms with van der Waals surface area (Å²) in [6.07, 6.45) is 1.75. The van der Waals surface area contributed by atoms with Crippen LogP contribution in [0.2, 0.25) is 5.15 Å². The highest BCUT2D eigenvalue weighted by Crippen LogP contribution is 2.39. The van der Waals surface area contributed by atoms with Gasteiger partial charge in [-0.3, -0.25) is 0 Å². The Labute approximate surface area is 128 Å². The van der Waals surface area contributed by atoms with E-state index in [1.807, 2.05) is 0 Å². The van der Waals surface area contributed by atoms with Crippen LogP contribution in [0, 0.1) is 0 Å². The molecule has 0 atom stereocenters. The van der Waals surface area contributed by atoms with Crippen LogP contribution in [0.3, 0.4) is 0 Å². The normalized spacial score (nSPS) is 21.8. The molecule has 21 heavy (non-hydrogen) atoms. The monoisotopic (exact) mass is 309 g/mol. The van der Waals surface area contributed by atoms with Crippen molar-refractivity contribution in [1.29, 1.82) is 0 Å². The molecule has 0 aromatic carbocycles. The summed E-state index contributed by atoms with van der Waals surface area (Å²) < 4.78 is 1.67. The first-order valence-electron chi connectivity index (χ1n) is 7.07. The van der Waals surface area contributed by atoms with Crippen LogP contribution in [0.15, 0.2) is 6.07 Å². The van der Waals surface area contributed by atoms with E-state index in [2.05, 4.69) is 48.3 Å². The number of aromatic hydroxyl groups is 1. The number of piperidine rings is 1. The molecule has 0 saturated carbocycles. The molecule has 7 heteroatoms. The van der Waals surface area contributed by atoms with E-state index in [4.69, 9.17) is 11.6 Å². The van der Waals surface area contributed by atoms with Crippen LogP contribution in [-0.2, 0) is 0 Å². The largest absolute Gasteiger partial charge is 0.493 e. The zero-order chi connectivity index (χ0) is 15.4. The summed E-state index contributed by atoms with van der Waals surface area (Å²) in [7, 11) is 0. The standard InChI is InChI=1S/C14H20ClN5O/c1-13(2)6-8(7-14(3,4)19-13)20-12(21)9-5-10(15)16-17-11(9)18-20/h5,8,19,21H,6-7H2,1-4H3. The molecule has 1 saturated heterocycles. The Balaban J connectivity index is 2.05. The van der Waals surface area contributed by atoms with Crippen LogP contribution in [-0.4, -0.2) is 36.2 Å². The number of aromatic nitrogens is 4. The fraction of sp³-hybridized carbons (Fsp3) is 0.643. The molecule has 0 bridgehead atoms. The minimum atomic E-state index is -0.0275. The van der Waals surface area contributed by atoms with Gasteiger partial charge in [0.15, 0.2) is 5.15 Å². The first kappa shape index (κ1) is 14.5. The van der Waals surface area contributed by atoms with Gasteiger partial charge in [-0.05, 0) is 46.6 Å². The maximum absolute atomic E-state index is 10.5. The maximum Gasteiger partial charge on any atom is 0.219 e. The van der Waals surface area contributed by atoms with Crippen LogP contribution >= 0.6 is 11.6 Å². The highest BCUT2D eigenvalue weighted by atomic mass is 35.5. The smallest absolute Gasteiger partial charge is 0.219 e. The zero-order valence-electron chi connectivity index (χ0n) is 12.7. The van der Waals surface area contributed by atoms with Gasteiger partial charge in [0.05, 0.1) is 11.4 Å². The van der Waals surface area contributed by atoms with Gasteiger partial charge in [0.1, 0.15) is 0 Å². The first-order valence-corrected chi connectivity index (χ1v) is 7.44. The van der Waals surface area contributed by atoms with Gasteiger partial charge in [-0.25, -0.2) is 4.68 Å². The van der Waals surface area contributed by atoms with Gasteiger partial charge in [-0.2, -0.15) is 0 Å². The summed E-state index contributed by atoms with van der Waals surface area (Å²) in [5.41, 5.74) is 0.367. The number of nitrogens with one attached hydrogen (secondary N) is 1. The van der Waals surface area contributed by atoms with Gasteiger partial charge in [-0.1, -0.05) is 11.6 Å². The minimum absolute atomic E-state index is 0.0275. The fourth-order valence-electron chi connectivity index (χ4n) is 3.57. The topological polar surface area (TPSA) is 75.9 Å². The van der Waals surface area contributed by atoms with E-state index in [-0.39, 0.29) is 28.2 Å². The molecule has 2 aromatic heterocycles. The molecule has 0 amide bonds. The molecule has 1 aliphatic heterocycles. The zero-order valence-corrected chi connectivity index (χ0v) is 13.4. The second-order valence-corrected chi connectivity index (χ2v) is 7.51. The van der Waals surface area contributed by atoms with Gasteiger partial charge in [0.25, 0.3) is 0 Å². The summed E-state index contributed by atoms with van der Waals surface area (Å²) in [6, 6.07) is 1.70. The number of halogens is 1. The number of hydrogen-bond donors (Lipinski definition) is 2. The highest BCUT2D eigenvalue weighted by Gasteiger charge is 2.39. The number of nitrogens with zero attached hydrogens (tertiary/aromatic N) is 4. The van der Waals surface area contributed by atoms with E-state index in [1.54, 1.807) is 10.7 Å². The van der Waals surface area contributed by atoms with E-state index >= 15 is 0 Å². The quantitative estimate of drug-likeness (QED) is 0.847. The third-order valence-corrected chi connectivity index (χ3v) is 4.10. The molecule has 1 aliphatic rings. The Morgan fingerprint density at radius 1 is 1.24 bits per heavy atom. The molecule has 3 rings (SSSR count). The maximum atomic E-state index is 10.5. The lowest BCUT2D eigenvalue weighted by Gasteiger charge is -2.46. The van der Waals surface area contributed by atoms with E-state index in [9.17, 15) is 5.11 Å². The average molecular weight is 310 g/mol. The van der Waals surface area contributed by atoms with E-state index in [0.29, 0.717) is 11.0 Å². The fourth-order valence-corrected chi connectivity index (χ4v) is 3.72. The molecular formula is C14H20ClN5O. The molecule has 0 aliphatic carbocycles. The lowest BCUT2D eigenvalue weighted by molar-refractivity contribution is 0.121. The third-order valence-electron chi connectivity index (χ3n) is 3.92. The predicted molar refractivity (Wildman–Crippen MR) is 81.6 cm³/mol. The van der Waals surface area contributed by atoms with Crippen molar-refractivity contribution in [3.63, 3.8) is 0 Å². The lowest BCUT2D eigenvalue weighted by atomic mass is 9.80. The molecule has 0 unspecified atom stereocenters. The van der Waals surface area contributed by atoms with E-state index < -0.39 is 0 Å². The van der Waals surface area contributed by atoms with Crippen LogP contribution in [0.1, 0.15) is 46.6 Å². The summed E-state index contributed by atoms with van der Waals surface area (Å²) in [6.45, 7) is 8.66. The first-order chi connectivity index (χ1) is 9.67. The van der Waals surface area contributed by atoms with Crippen LogP contribution < -0.4 is 5.32 Å². The van der Waals surface area contributed by atoms with E-state index in [0.717, 1.165) is 12.8 Å². The molecule has 114 valence electrons. The van der Waals surface area contributed by atoms with Crippen LogP contribution in [0.4, 0.5) is 0 Å². The van der Waals surface area contributed by atoms with Gasteiger partial charge >= 0.3 is 0 Å². The Bertz CT molecular complexity index is 678. The molecule has 3 heterocycles. The predicted octanol–water partition coefficient (Wildman–Crippen LogP) is 2.67. The van der Waals surface area contributed by atoms with E-state index in [1.165, 1.54) is 0 Å². The summed E-state index contributed by atoms with van der Waals surface area (Å²) in [5, 5.41) is 27.0. The molecule has 6 nitrogen and oxygen atoms in total. The van der Waals surface area contributed by atoms with Crippen molar-refractivity contribution in [3.05, 3.63) is 11.2 Å². The van der Waals surface area contributed by atoms with Crippen molar-refractivity contribution in [2.24, 2.45) is 0 Å². The number of fused-ring (bicyclic) bond motifs is 1. The Kier molecular flexibility index (Phi) is 3.15. The molecular weight excluding hydrogens is 290 g/mol. The average Bonchev–Trinajstić information content (AvgIpc) is 2.63. The molecule has 0 spiro atoms. The van der Waals surface area contributed by atoms with Crippen molar-refractivity contribution in [2.45, 2.75) is 57.7 Å². The Hall–Kier alpha value is -1.40. The highest BCUT2D eigenvalue weighted by molar-refractivity contribution is 6.29. The van der Waals surface area contributed by atoms with Gasteiger partial charge in [0, 0.05) is 11.1 Å². The lowest BCUT2D eigenvalue weighted by Crippen LogP contribution is -2.58. The molecule has 2 N–H and O–H groups in total.